The van der Waals surface area contributed by atoms with Crippen LogP contribution in [-0.2, 0) is 4.74 Å². The average molecular weight is 413 g/mol. The maximum Gasteiger partial charge on any atom is 0.258 e. The SMILES string of the molecule is C=C/C=C(\C=C/C)C(O)(OC)C(=O)c1ccc(SC(/C=C(\C)N)=C/C(=C)N)cc1. The summed E-state index contributed by atoms with van der Waals surface area (Å²) in [6, 6.07) is 6.80. The van der Waals surface area contributed by atoms with Gasteiger partial charge in [-0.1, -0.05) is 61.4 Å². The van der Waals surface area contributed by atoms with Crippen molar-refractivity contribution in [3.05, 3.63) is 101 Å². The van der Waals surface area contributed by atoms with E-state index in [-0.39, 0.29) is 5.57 Å². The highest BCUT2D eigenvalue weighted by atomic mass is 32.2. The Bertz CT molecular complexity index is 876. The molecule has 0 spiro atoms. The maximum atomic E-state index is 13.0. The zero-order valence-electron chi connectivity index (χ0n) is 17.0. The summed E-state index contributed by atoms with van der Waals surface area (Å²) in [6.45, 7) is 10.9. The maximum absolute atomic E-state index is 13.0. The molecule has 0 saturated heterocycles. The van der Waals surface area contributed by atoms with Gasteiger partial charge in [-0.3, -0.25) is 4.79 Å². The van der Waals surface area contributed by atoms with Gasteiger partial charge < -0.3 is 21.3 Å². The summed E-state index contributed by atoms with van der Waals surface area (Å²) in [7, 11) is 1.28. The summed E-state index contributed by atoms with van der Waals surface area (Å²) < 4.78 is 5.18. The Labute approximate surface area is 176 Å². The first kappa shape index (κ1) is 24.2. The molecule has 0 aliphatic rings. The molecule has 1 atom stereocenters. The second-order valence-corrected chi connectivity index (χ2v) is 7.32. The first-order valence-corrected chi connectivity index (χ1v) is 9.65. The Hall–Kier alpha value is -2.80. The van der Waals surface area contributed by atoms with Crippen molar-refractivity contribution in [3.8, 4) is 0 Å². The van der Waals surface area contributed by atoms with E-state index in [1.807, 2.05) is 0 Å². The number of ketones is 1. The predicted molar refractivity (Wildman–Crippen MR) is 121 cm³/mol. The zero-order chi connectivity index (χ0) is 22.0. The van der Waals surface area contributed by atoms with Crippen molar-refractivity contribution >= 4 is 17.5 Å². The molecule has 154 valence electrons. The summed E-state index contributed by atoms with van der Waals surface area (Å²) in [5.74, 6) is -2.69. The van der Waals surface area contributed by atoms with Crippen LogP contribution in [0.15, 0.2) is 101 Å². The minimum absolute atomic E-state index is 0.288. The Morgan fingerprint density at radius 1 is 1.24 bits per heavy atom. The molecule has 5 nitrogen and oxygen atoms in total. The minimum Gasteiger partial charge on any atom is -0.402 e. The number of aliphatic hydroxyl groups is 1. The van der Waals surface area contributed by atoms with Gasteiger partial charge in [0.15, 0.2) is 0 Å². The van der Waals surface area contributed by atoms with Crippen LogP contribution in [0.25, 0.3) is 0 Å². The van der Waals surface area contributed by atoms with Gasteiger partial charge in [0.05, 0.1) is 0 Å². The van der Waals surface area contributed by atoms with E-state index < -0.39 is 11.6 Å². The van der Waals surface area contributed by atoms with Crippen LogP contribution < -0.4 is 11.5 Å². The first-order chi connectivity index (χ1) is 13.7. The van der Waals surface area contributed by atoms with Gasteiger partial charge in [0.2, 0.25) is 5.78 Å². The topological polar surface area (TPSA) is 98.6 Å². The fourth-order valence-electron chi connectivity index (χ4n) is 2.44. The van der Waals surface area contributed by atoms with Crippen LogP contribution in [0, 0.1) is 0 Å². The number of hydrogen-bond acceptors (Lipinski definition) is 6. The molecule has 0 heterocycles. The van der Waals surface area contributed by atoms with Crippen molar-refractivity contribution < 1.29 is 14.6 Å². The Kier molecular flexibility index (Phi) is 9.41. The predicted octanol–water partition coefficient (Wildman–Crippen LogP) is 4.20. The molecule has 0 aliphatic carbocycles. The van der Waals surface area contributed by atoms with Crippen LogP contribution in [0.2, 0.25) is 0 Å². The largest absolute Gasteiger partial charge is 0.402 e. The van der Waals surface area contributed by atoms with Crippen LogP contribution in [0.4, 0.5) is 0 Å². The second kappa shape index (κ2) is 11.3. The van der Waals surface area contributed by atoms with Crippen molar-refractivity contribution in [2.24, 2.45) is 11.5 Å². The van der Waals surface area contributed by atoms with E-state index >= 15 is 0 Å². The van der Waals surface area contributed by atoms with Crippen LogP contribution in [0.3, 0.4) is 0 Å². The number of Topliss-reactive ketones (excluding diaryl/α,β-unsaturated/α-hetero) is 1. The number of allylic oxidation sites excluding steroid dienone is 6. The van der Waals surface area contributed by atoms with Gasteiger partial charge in [0.25, 0.3) is 5.79 Å². The lowest BCUT2D eigenvalue weighted by molar-refractivity contribution is -0.116. The molecule has 6 heteroatoms. The van der Waals surface area contributed by atoms with Crippen molar-refractivity contribution in [3.63, 3.8) is 0 Å². The third-order valence-corrected chi connectivity index (χ3v) is 4.67. The standard InChI is InChI=1S/C23H28N2O3S/c1-6-8-19(9-7-2)23(27,28-5)22(26)18-10-12-20(13-11-18)29-21(14-16(3)24)15-17(4)25/h6-15,27H,1,3,24-25H2,2,4-5H3/b9-7-,17-15+,19-8+,21-14+. The van der Waals surface area contributed by atoms with E-state index in [0.29, 0.717) is 17.0 Å². The molecule has 0 saturated carbocycles. The highest BCUT2D eigenvalue weighted by molar-refractivity contribution is 8.03. The van der Waals surface area contributed by atoms with Gasteiger partial charge >= 0.3 is 0 Å². The van der Waals surface area contributed by atoms with Gasteiger partial charge in [-0.15, -0.1) is 0 Å². The molecule has 1 aromatic rings. The zero-order valence-corrected chi connectivity index (χ0v) is 17.8. The van der Waals surface area contributed by atoms with E-state index in [1.165, 1.54) is 31.0 Å². The number of carbonyl (C=O) groups excluding carboxylic acids is 1. The summed E-state index contributed by atoms with van der Waals surface area (Å²) in [4.78, 5) is 14.6. The van der Waals surface area contributed by atoms with Gasteiger partial charge in [0, 0.05) is 39.4 Å². The van der Waals surface area contributed by atoms with E-state index in [2.05, 4.69) is 13.2 Å². The van der Waals surface area contributed by atoms with Crippen LogP contribution in [-0.4, -0.2) is 23.8 Å². The molecule has 1 rings (SSSR count). The molecular formula is C23H28N2O3S. The summed E-state index contributed by atoms with van der Waals surface area (Å²) in [5, 5.41) is 10.9. The van der Waals surface area contributed by atoms with Gasteiger partial charge in [-0.25, -0.2) is 0 Å². The fraction of sp³-hybridized carbons (Fsp3) is 0.174. The van der Waals surface area contributed by atoms with Gasteiger partial charge in [-0.2, -0.15) is 0 Å². The molecule has 5 N–H and O–H groups in total. The Balaban J connectivity index is 3.21. The summed E-state index contributed by atoms with van der Waals surface area (Å²) >= 11 is 1.42. The number of carbonyl (C=O) groups is 1. The van der Waals surface area contributed by atoms with Crippen molar-refractivity contribution in [1.82, 2.24) is 0 Å². The summed E-state index contributed by atoms with van der Waals surface area (Å²) in [5.41, 5.74) is 13.1. The lowest BCUT2D eigenvalue weighted by atomic mass is 9.95. The van der Waals surface area contributed by atoms with Crippen molar-refractivity contribution in [2.45, 2.75) is 24.5 Å². The Morgan fingerprint density at radius 2 is 1.86 bits per heavy atom. The van der Waals surface area contributed by atoms with Crippen LogP contribution in [0.5, 0.6) is 0 Å². The number of ether oxygens (including phenoxy) is 1. The molecule has 0 fully saturated rings. The second-order valence-electron chi connectivity index (χ2n) is 6.17. The third kappa shape index (κ3) is 6.94. The summed E-state index contributed by atoms with van der Waals surface area (Å²) in [6.07, 6.45) is 9.83. The minimum atomic E-state index is -2.11. The number of thioether (sulfide) groups is 1. The third-order valence-electron chi connectivity index (χ3n) is 3.69. The average Bonchev–Trinajstić information content (AvgIpc) is 2.66. The molecule has 1 unspecified atom stereocenters. The molecule has 0 radical (unpaired) electrons. The monoisotopic (exact) mass is 412 g/mol. The van der Waals surface area contributed by atoms with Crippen molar-refractivity contribution in [1.29, 1.82) is 0 Å². The molecule has 0 aromatic heterocycles. The quantitative estimate of drug-likeness (QED) is 0.230. The van der Waals surface area contributed by atoms with Gasteiger partial charge in [0.1, 0.15) is 0 Å². The van der Waals surface area contributed by atoms with Crippen LogP contribution in [0.1, 0.15) is 24.2 Å². The van der Waals surface area contributed by atoms with Crippen molar-refractivity contribution in [2.75, 3.05) is 7.11 Å². The highest BCUT2D eigenvalue weighted by Gasteiger charge is 2.39. The molecule has 0 bridgehead atoms. The van der Waals surface area contributed by atoms with Crippen LogP contribution >= 0.6 is 11.8 Å². The van der Waals surface area contributed by atoms with E-state index in [0.717, 1.165) is 9.80 Å². The highest BCUT2D eigenvalue weighted by Crippen LogP contribution is 2.30. The first-order valence-electron chi connectivity index (χ1n) is 8.83. The normalized spacial score (nSPS) is 15.2. The lowest BCUT2D eigenvalue weighted by Crippen LogP contribution is -2.42. The van der Waals surface area contributed by atoms with E-state index in [4.69, 9.17) is 16.2 Å². The molecule has 0 amide bonds. The van der Waals surface area contributed by atoms with Gasteiger partial charge in [-0.05, 0) is 38.1 Å². The Morgan fingerprint density at radius 3 is 2.31 bits per heavy atom. The molecule has 1 aromatic carbocycles. The number of methoxy groups -OCH3 is 1. The molecule has 29 heavy (non-hydrogen) atoms. The molecular weight excluding hydrogens is 384 g/mol. The number of rotatable bonds is 10. The van der Waals surface area contributed by atoms with E-state index in [9.17, 15) is 9.90 Å². The number of nitrogens with two attached hydrogens (primary N) is 2. The molecule has 0 aliphatic heterocycles. The fourth-order valence-corrected chi connectivity index (χ4v) is 3.44. The number of benzene rings is 1. The van der Waals surface area contributed by atoms with E-state index in [1.54, 1.807) is 62.4 Å². The number of hydrogen-bond donors (Lipinski definition) is 3. The lowest BCUT2D eigenvalue weighted by Gasteiger charge is -2.26. The smallest absolute Gasteiger partial charge is 0.258 e.